The zero-order valence-corrected chi connectivity index (χ0v) is 24.2. The summed E-state index contributed by atoms with van der Waals surface area (Å²) in [4.78, 5) is 11.9. The summed E-state index contributed by atoms with van der Waals surface area (Å²) in [5, 5.41) is 22.4. The van der Waals surface area contributed by atoms with Gasteiger partial charge in [-0.15, -0.1) is 0 Å². The van der Waals surface area contributed by atoms with Crippen LogP contribution in [0.4, 0.5) is 0 Å². The van der Waals surface area contributed by atoms with Crippen molar-refractivity contribution in [3.8, 4) is 0 Å². The van der Waals surface area contributed by atoms with Crippen LogP contribution in [-0.4, -0.2) is 35.5 Å². The SMILES string of the molecule is CC[C@H]1C(O)C2C3CC[C@H]([C@H](C)C/C=C/c4cccc(C(=O)OC)c4)[C@@]3(C)CCC2[C@@]2(C)CC[C@@H](O)C[C@@H]12. The zero-order valence-electron chi connectivity index (χ0n) is 24.2. The number of hydrogen-bond donors (Lipinski definition) is 2. The Morgan fingerprint density at radius 1 is 1.08 bits per heavy atom. The lowest BCUT2D eigenvalue weighted by Crippen LogP contribution is -2.62. The Balaban J connectivity index is 1.31. The second kappa shape index (κ2) is 10.7. The second-order valence-electron chi connectivity index (χ2n) is 13.9. The minimum Gasteiger partial charge on any atom is -0.465 e. The largest absolute Gasteiger partial charge is 0.465 e. The normalized spacial score (nSPS) is 43.2. The summed E-state index contributed by atoms with van der Waals surface area (Å²) in [6.07, 6.45) is 14.0. The van der Waals surface area contributed by atoms with Crippen LogP contribution in [0.2, 0.25) is 0 Å². The molecule has 0 saturated heterocycles. The predicted octanol–water partition coefficient (Wildman–Crippen LogP) is 7.14. The van der Waals surface area contributed by atoms with Gasteiger partial charge in [0.05, 0.1) is 24.9 Å². The number of aliphatic hydroxyl groups excluding tert-OH is 2. The Hall–Kier alpha value is -1.65. The number of esters is 1. The lowest BCUT2D eigenvalue weighted by Gasteiger charge is -2.64. The Morgan fingerprint density at radius 2 is 1.82 bits per heavy atom. The van der Waals surface area contributed by atoms with Gasteiger partial charge in [0, 0.05) is 0 Å². The number of fused-ring (bicyclic) bond motifs is 5. The molecular weight excluding hydrogens is 472 g/mol. The number of aliphatic hydroxyl groups is 2. The fourth-order valence-electron chi connectivity index (χ4n) is 10.4. The van der Waals surface area contributed by atoms with E-state index < -0.39 is 0 Å². The highest BCUT2D eigenvalue weighted by Crippen LogP contribution is 2.69. The molecule has 1 aromatic carbocycles. The first-order chi connectivity index (χ1) is 18.1. The molecule has 4 aliphatic carbocycles. The minimum atomic E-state index is -0.297. The van der Waals surface area contributed by atoms with Gasteiger partial charge in [-0.05, 0) is 121 Å². The molecule has 1 aromatic rings. The van der Waals surface area contributed by atoms with E-state index in [-0.39, 0.29) is 29.0 Å². The van der Waals surface area contributed by atoms with Crippen molar-refractivity contribution < 1.29 is 19.7 Å². The maximum absolute atomic E-state index is 11.9. The van der Waals surface area contributed by atoms with Crippen LogP contribution < -0.4 is 0 Å². The third-order valence-electron chi connectivity index (χ3n) is 12.3. The van der Waals surface area contributed by atoms with Gasteiger partial charge in [0.25, 0.3) is 0 Å². The monoisotopic (exact) mass is 522 g/mol. The molecule has 0 aromatic heterocycles. The molecule has 4 aliphatic rings. The molecule has 0 heterocycles. The van der Waals surface area contributed by atoms with Crippen LogP contribution >= 0.6 is 0 Å². The van der Waals surface area contributed by atoms with Gasteiger partial charge in [0.1, 0.15) is 0 Å². The highest BCUT2D eigenvalue weighted by molar-refractivity contribution is 5.89. The number of rotatable bonds is 6. The van der Waals surface area contributed by atoms with E-state index in [0.29, 0.717) is 47.0 Å². The molecule has 38 heavy (non-hydrogen) atoms. The van der Waals surface area contributed by atoms with Gasteiger partial charge in [-0.2, -0.15) is 0 Å². The van der Waals surface area contributed by atoms with Crippen molar-refractivity contribution in [2.75, 3.05) is 7.11 Å². The lowest BCUT2D eigenvalue weighted by molar-refractivity contribution is -0.203. The summed E-state index contributed by atoms with van der Waals surface area (Å²) >= 11 is 0. The van der Waals surface area contributed by atoms with Crippen LogP contribution in [0.5, 0.6) is 0 Å². The Bertz CT molecular complexity index is 1030. The summed E-state index contributed by atoms with van der Waals surface area (Å²) < 4.78 is 4.87. The number of ether oxygens (including phenoxy) is 1. The van der Waals surface area contributed by atoms with Gasteiger partial charge in [0.15, 0.2) is 0 Å². The van der Waals surface area contributed by atoms with Crippen LogP contribution in [0, 0.1) is 52.3 Å². The van der Waals surface area contributed by atoms with Gasteiger partial charge in [-0.1, -0.05) is 58.4 Å². The molecule has 11 atom stereocenters. The van der Waals surface area contributed by atoms with E-state index in [4.69, 9.17) is 4.74 Å². The molecule has 5 rings (SSSR count). The maximum atomic E-state index is 11.9. The molecule has 0 radical (unpaired) electrons. The Labute approximate surface area is 230 Å². The molecule has 0 amide bonds. The van der Waals surface area contributed by atoms with Gasteiger partial charge >= 0.3 is 5.97 Å². The topological polar surface area (TPSA) is 66.8 Å². The van der Waals surface area contributed by atoms with Crippen molar-refractivity contribution in [2.24, 2.45) is 52.3 Å². The van der Waals surface area contributed by atoms with Crippen molar-refractivity contribution in [3.05, 3.63) is 41.5 Å². The maximum Gasteiger partial charge on any atom is 0.337 e. The summed E-state index contributed by atoms with van der Waals surface area (Å²) in [6, 6.07) is 7.64. The number of allylic oxidation sites excluding steroid dienone is 1. The highest BCUT2D eigenvalue weighted by atomic mass is 16.5. The van der Waals surface area contributed by atoms with Gasteiger partial charge in [0.2, 0.25) is 0 Å². The van der Waals surface area contributed by atoms with E-state index in [1.54, 1.807) is 6.07 Å². The molecule has 0 aliphatic heterocycles. The van der Waals surface area contributed by atoms with Crippen molar-refractivity contribution >= 4 is 12.0 Å². The van der Waals surface area contributed by atoms with Crippen LogP contribution in [-0.2, 0) is 4.74 Å². The van der Waals surface area contributed by atoms with Crippen molar-refractivity contribution in [1.29, 1.82) is 0 Å². The van der Waals surface area contributed by atoms with Crippen molar-refractivity contribution in [2.45, 2.75) is 97.7 Å². The van der Waals surface area contributed by atoms with Crippen LogP contribution in [0.1, 0.15) is 101 Å². The molecule has 4 saturated carbocycles. The van der Waals surface area contributed by atoms with Gasteiger partial charge in [-0.25, -0.2) is 4.79 Å². The smallest absolute Gasteiger partial charge is 0.337 e. The van der Waals surface area contributed by atoms with Crippen LogP contribution in [0.15, 0.2) is 30.3 Å². The number of methoxy groups -OCH3 is 1. The Kier molecular flexibility index (Phi) is 7.88. The molecule has 2 N–H and O–H groups in total. The van der Waals surface area contributed by atoms with E-state index in [9.17, 15) is 15.0 Å². The fourth-order valence-corrected chi connectivity index (χ4v) is 10.4. The molecule has 4 unspecified atom stereocenters. The van der Waals surface area contributed by atoms with E-state index in [1.807, 2.05) is 18.2 Å². The van der Waals surface area contributed by atoms with Crippen molar-refractivity contribution in [3.63, 3.8) is 0 Å². The van der Waals surface area contributed by atoms with E-state index in [2.05, 4.69) is 39.8 Å². The molecule has 4 nitrogen and oxygen atoms in total. The highest BCUT2D eigenvalue weighted by Gasteiger charge is 2.64. The second-order valence-corrected chi connectivity index (χ2v) is 13.9. The summed E-state index contributed by atoms with van der Waals surface area (Å²) in [5.41, 5.74) is 2.17. The molecular formula is C34H50O4. The number of carbonyl (C=O) groups excluding carboxylic acids is 1. The molecule has 4 heteroatoms. The lowest BCUT2D eigenvalue weighted by atomic mass is 9.41. The Morgan fingerprint density at radius 3 is 2.55 bits per heavy atom. The van der Waals surface area contributed by atoms with Crippen LogP contribution in [0.3, 0.4) is 0 Å². The third-order valence-corrected chi connectivity index (χ3v) is 12.3. The van der Waals surface area contributed by atoms with Gasteiger partial charge in [-0.3, -0.25) is 0 Å². The zero-order chi connectivity index (χ0) is 27.2. The average Bonchev–Trinajstić information content (AvgIpc) is 3.26. The van der Waals surface area contributed by atoms with Crippen molar-refractivity contribution in [1.82, 2.24) is 0 Å². The number of benzene rings is 1. The quantitative estimate of drug-likeness (QED) is 0.390. The summed E-state index contributed by atoms with van der Waals surface area (Å²) in [7, 11) is 1.42. The number of carbonyl (C=O) groups is 1. The molecule has 0 spiro atoms. The first-order valence-corrected chi connectivity index (χ1v) is 15.3. The molecule has 0 bridgehead atoms. The average molecular weight is 523 g/mol. The first-order valence-electron chi connectivity index (χ1n) is 15.3. The van der Waals surface area contributed by atoms with E-state index in [1.165, 1.54) is 32.8 Å². The standard InChI is InChI=1S/C34H50O4/c1-6-25-29-20-24(35)15-17-34(29,4)28-16-18-33(3)26(13-14-27(33)30(28)31(25)36)21(2)9-7-10-22-11-8-12-23(19-22)32(37)38-5/h7-8,10-12,19,21,24-31,35-36H,6,9,13-18,20H2,1-5H3/b10-7+/t21-,24-,25-,26-,27?,28?,29+,30?,31?,33-,34-/m1/s1. The minimum absolute atomic E-state index is 0.188. The summed E-state index contributed by atoms with van der Waals surface area (Å²) in [5.74, 6) is 3.32. The predicted molar refractivity (Wildman–Crippen MR) is 152 cm³/mol. The molecule has 210 valence electrons. The fraction of sp³-hybridized carbons (Fsp3) is 0.735. The molecule has 4 fully saturated rings. The first kappa shape index (κ1) is 27.9. The van der Waals surface area contributed by atoms with Crippen LogP contribution in [0.25, 0.3) is 6.08 Å². The van der Waals surface area contributed by atoms with E-state index >= 15 is 0 Å². The third kappa shape index (κ3) is 4.58. The van der Waals surface area contributed by atoms with Gasteiger partial charge < -0.3 is 14.9 Å². The van der Waals surface area contributed by atoms with E-state index in [0.717, 1.165) is 37.7 Å². The summed E-state index contributed by atoms with van der Waals surface area (Å²) in [6.45, 7) is 9.75. The number of hydrogen-bond acceptors (Lipinski definition) is 4.